The van der Waals surface area contributed by atoms with Gasteiger partial charge in [-0.25, -0.2) is 4.39 Å². The minimum absolute atomic E-state index is 0. The van der Waals surface area contributed by atoms with Gasteiger partial charge in [0, 0.05) is 39.5 Å². The molecule has 0 saturated carbocycles. The van der Waals surface area contributed by atoms with E-state index >= 15 is 0 Å². The fourth-order valence-electron chi connectivity index (χ4n) is 2.85. The van der Waals surface area contributed by atoms with E-state index in [-0.39, 0.29) is 35.8 Å². The van der Waals surface area contributed by atoms with Crippen LogP contribution in [0.4, 0.5) is 4.39 Å². The Hall–Kier alpha value is -1.98. The molecule has 1 atom stereocenters. The molecule has 1 aliphatic rings. The van der Waals surface area contributed by atoms with E-state index in [1.165, 1.54) is 12.3 Å². The van der Waals surface area contributed by atoms with Crippen LogP contribution in [-0.4, -0.2) is 50.5 Å². The number of hydrogen-bond acceptors (Lipinski definition) is 5. The topological polar surface area (TPSA) is 77.0 Å². The van der Waals surface area contributed by atoms with Gasteiger partial charge in [-0.3, -0.25) is 9.98 Å². The van der Waals surface area contributed by atoms with Crippen molar-refractivity contribution in [1.82, 2.24) is 15.6 Å². The molecule has 0 aliphatic carbocycles. The van der Waals surface area contributed by atoms with Crippen molar-refractivity contribution in [2.75, 3.05) is 33.4 Å². The summed E-state index contributed by atoms with van der Waals surface area (Å²) >= 11 is 0. The van der Waals surface area contributed by atoms with Gasteiger partial charge in [-0.2, -0.15) is 0 Å². The first-order valence-corrected chi connectivity index (χ1v) is 9.75. The number of nitrogens with one attached hydrogen (secondary N) is 2. The summed E-state index contributed by atoms with van der Waals surface area (Å²) in [4.78, 5) is 8.13. The second kappa shape index (κ2) is 13.3. The van der Waals surface area contributed by atoms with Crippen LogP contribution >= 0.6 is 24.0 Å². The van der Waals surface area contributed by atoms with Crippen LogP contribution in [0.1, 0.15) is 18.4 Å². The normalized spacial score (nSPS) is 16.1. The second-order valence-corrected chi connectivity index (χ2v) is 6.62. The number of hydrogen-bond donors (Lipinski definition) is 2. The molecule has 1 aromatic heterocycles. The molecule has 1 saturated heterocycles. The van der Waals surface area contributed by atoms with Gasteiger partial charge in [0.1, 0.15) is 5.75 Å². The van der Waals surface area contributed by atoms with Crippen LogP contribution in [0.5, 0.6) is 11.5 Å². The smallest absolute Gasteiger partial charge is 0.191 e. The summed E-state index contributed by atoms with van der Waals surface area (Å²) in [5, 5.41) is 6.40. The average Bonchev–Trinajstić information content (AvgIpc) is 3.26. The second-order valence-electron chi connectivity index (χ2n) is 6.62. The maximum Gasteiger partial charge on any atom is 0.191 e. The van der Waals surface area contributed by atoms with Gasteiger partial charge in [-0.1, -0.05) is 6.07 Å². The third-order valence-electron chi connectivity index (χ3n) is 4.40. The number of guanidine groups is 1. The first-order chi connectivity index (χ1) is 14.2. The lowest BCUT2D eigenvalue weighted by atomic mass is 10.2. The van der Waals surface area contributed by atoms with E-state index in [1.807, 2.05) is 6.07 Å². The van der Waals surface area contributed by atoms with Crippen molar-refractivity contribution < 1.29 is 18.6 Å². The zero-order chi connectivity index (χ0) is 20.3. The molecule has 9 heteroatoms. The molecule has 0 spiro atoms. The first-order valence-electron chi connectivity index (χ1n) is 9.75. The first kappa shape index (κ1) is 24.3. The van der Waals surface area contributed by atoms with Crippen molar-refractivity contribution in [2.45, 2.75) is 25.5 Å². The summed E-state index contributed by atoms with van der Waals surface area (Å²) < 4.78 is 30.8. The van der Waals surface area contributed by atoms with Crippen LogP contribution in [0.3, 0.4) is 0 Å². The fourth-order valence-corrected chi connectivity index (χ4v) is 2.85. The van der Waals surface area contributed by atoms with Gasteiger partial charge in [-0.05, 0) is 42.7 Å². The van der Waals surface area contributed by atoms with Crippen molar-refractivity contribution in [3.8, 4) is 11.5 Å². The standard InChI is InChI=1S/C21H27FN4O3.HI/c1-23-21(25-9-3-10-28-18-7-11-27-15-18)26-13-16-5-6-20(19(22)12-16)29-17-4-2-8-24-14-17;/h2,4-6,8,12,14,18H,3,7,9-11,13,15H2,1H3,(H2,23,25,26);1H. The van der Waals surface area contributed by atoms with Gasteiger partial charge in [0.2, 0.25) is 0 Å². The van der Waals surface area contributed by atoms with Crippen molar-refractivity contribution in [1.29, 1.82) is 0 Å². The molecule has 1 unspecified atom stereocenters. The van der Waals surface area contributed by atoms with Crippen LogP contribution in [0.25, 0.3) is 0 Å². The third-order valence-corrected chi connectivity index (χ3v) is 4.40. The Kier molecular flexibility index (Phi) is 10.8. The summed E-state index contributed by atoms with van der Waals surface area (Å²) in [6.45, 7) is 3.34. The van der Waals surface area contributed by atoms with E-state index in [0.717, 1.165) is 31.6 Å². The molecule has 30 heavy (non-hydrogen) atoms. The average molecular weight is 530 g/mol. The van der Waals surface area contributed by atoms with E-state index < -0.39 is 5.82 Å². The van der Waals surface area contributed by atoms with Crippen molar-refractivity contribution in [3.63, 3.8) is 0 Å². The van der Waals surface area contributed by atoms with E-state index in [0.29, 0.717) is 31.5 Å². The zero-order valence-electron chi connectivity index (χ0n) is 17.0. The largest absolute Gasteiger partial charge is 0.453 e. The predicted octanol–water partition coefficient (Wildman–Crippen LogP) is 3.49. The number of rotatable bonds is 9. The summed E-state index contributed by atoms with van der Waals surface area (Å²) in [5.41, 5.74) is 0.786. The molecular formula is C21H28FIN4O3. The molecule has 2 heterocycles. The van der Waals surface area contributed by atoms with Gasteiger partial charge < -0.3 is 24.8 Å². The Labute approximate surface area is 193 Å². The number of benzene rings is 1. The van der Waals surface area contributed by atoms with Crippen molar-refractivity contribution >= 4 is 29.9 Å². The highest BCUT2D eigenvalue weighted by molar-refractivity contribution is 14.0. The van der Waals surface area contributed by atoms with Gasteiger partial charge in [0.25, 0.3) is 0 Å². The minimum atomic E-state index is -0.427. The molecule has 0 amide bonds. The summed E-state index contributed by atoms with van der Waals surface area (Å²) in [6, 6.07) is 8.33. The molecule has 3 rings (SSSR count). The van der Waals surface area contributed by atoms with Crippen LogP contribution in [-0.2, 0) is 16.0 Å². The highest BCUT2D eigenvalue weighted by Crippen LogP contribution is 2.24. The maximum atomic E-state index is 14.3. The third kappa shape index (κ3) is 8.04. The van der Waals surface area contributed by atoms with Crippen LogP contribution in [0.2, 0.25) is 0 Å². The van der Waals surface area contributed by atoms with Crippen molar-refractivity contribution in [2.24, 2.45) is 4.99 Å². The molecule has 164 valence electrons. The highest BCUT2D eigenvalue weighted by atomic mass is 127. The van der Waals surface area contributed by atoms with Crippen LogP contribution < -0.4 is 15.4 Å². The van der Waals surface area contributed by atoms with Gasteiger partial charge in [0.15, 0.2) is 17.5 Å². The maximum absolute atomic E-state index is 14.3. The lowest BCUT2D eigenvalue weighted by molar-refractivity contribution is 0.0420. The number of pyridine rings is 1. The number of aromatic nitrogens is 1. The molecule has 7 nitrogen and oxygen atoms in total. The number of halogens is 2. The van der Waals surface area contributed by atoms with E-state index in [2.05, 4.69) is 20.6 Å². The molecule has 0 radical (unpaired) electrons. The highest BCUT2D eigenvalue weighted by Gasteiger charge is 2.15. The molecule has 0 bridgehead atoms. The Bertz CT molecular complexity index is 789. The zero-order valence-corrected chi connectivity index (χ0v) is 19.3. The Balaban J connectivity index is 0.00000320. The Morgan fingerprint density at radius 3 is 2.93 bits per heavy atom. The van der Waals surface area contributed by atoms with E-state index in [9.17, 15) is 4.39 Å². The van der Waals surface area contributed by atoms with Crippen LogP contribution in [0, 0.1) is 5.82 Å². The van der Waals surface area contributed by atoms with E-state index in [4.69, 9.17) is 14.2 Å². The lowest BCUT2D eigenvalue weighted by Gasteiger charge is -2.14. The summed E-state index contributed by atoms with van der Waals surface area (Å²) in [5.74, 6) is 0.887. The quantitative estimate of drug-likeness (QED) is 0.224. The van der Waals surface area contributed by atoms with Gasteiger partial charge >= 0.3 is 0 Å². The SMILES string of the molecule is CN=C(NCCCOC1CCOC1)NCc1ccc(Oc2cccnc2)c(F)c1.I. The molecule has 1 aromatic carbocycles. The molecule has 1 fully saturated rings. The van der Waals surface area contributed by atoms with Gasteiger partial charge in [-0.15, -0.1) is 24.0 Å². The predicted molar refractivity (Wildman–Crippen MR) is 124 cm³/mol. The van der Waals surface area contributed by atoms with E-state index in [1.54, 1.807) is 31.4 Å². The van der Waals surface area contributed by atoms with Crippen molar-refractivity contribution in [3.05, 3.63) is 54.1 Å². The fraction of sp³-hybridized carbons (Fsp3) is 0.429. The number of ether oxygens (including phenoxy) is 3. The Morgan fingerprint density at radius 2 is 2.23 bits per heavy atom. The summed E-state index contributed by atoms with van der Waals surface area (Å²) in [6.07, 6.45) is 5.24. The lowest BCUT2D eigenvalue weighted by Crippen LogP contribution is -2.37. The molecule has 2 N–H and O–H groups in total. The molecular weight excluding hydrogens is 502 g/mol. The van der Waals surface area contributed by atoms with Crippen LogP contribution in [0.15, 0.2) is 47.7 Å². The minimum Gasteiger partial charge on any atom is -0.453 e. The molecule has 1 aliphatic heterocycles. The monoisotopic (exact) mass is 530 g/mol. The molecule has 2 aromatic rings. The number of nitrogens with zero attached hydrogens (tertiary/aromatic N) is 2. The Morgan fingerprint density at radius 1 is 1.33 bits per heavy atom. The number of aliphatic imine (C=N–C) groups is 1. The summed E-state index contributed by atoms with van der Waals surface area (Å²) in [7, 11) is 1.70. The van der Waals surface area contributed by atoms with Gasteiger partial charge in [0.05, 0.1) is 18.9 Å².